The molecule has 1 aromatic heterocycles. The van der Waals surface area contributed by atoms with E-state index in [-0.39, 0.29) is 17.9 Å². The van der Waals surface area contributed by atoms with E-state index in [1.807, 2.05) is 26.8 Å². The molecule has 0 aliphatic carbocycles. The van der Waals surface area contributed by atoms with Gasteiger partial charge in [0.05, 0.1) is 6.10 Å². The number of benzene rings is 1. The zero-order valence-corrected chi connectivity index (χ0v) is 11.9. The molecule has 0 aliphatic rings. The van der Waals surface area contributed by atoms with Crippen molar-refractivity contribution in [3.05, 3.63) is 29.6 Å². The van der Waals surface area contributed by atoms with Crippen LogP contribution in [-0.4, -0.2) is 28.1 Å². The molecule has 5 nitrogen and oxygen atoms in total. The van der Waals surface area contributed by atoms with Crippen molar-refractivity contribution in [2.24, 2.45) is 0 Å². The van der Waals surface area contributed by atoms with Gasteiger partial charge >= 0.3 is 6.01 Å². The first kappa shape index (κ1) is 14.2. The molecule has 0 spiro atoms. The molecule has 0 saturated heterocycles. The Morgan fingerprint density at radius 1 is 1.15 bits per heavy atom. The smallest absolute Gasteiger partial charge is 0.322 e. The highest BCUT2D eigenvalue weighted by Crippen LogP contribution is 2.21. The average Bonchev–Trinajstić information content (AvgIpc) is 2.36. The summed E-state index contributed by atoms with van der Waals surface area (Å²) in [6, 6.07) is 4.88. The summed E-state index contributed by atoms with van der Waals surface area (Å²) in [6.07, 6.45) is -0.0517. The van der Waals surface area contributed by atoms with Crippen molar-refractivity contribution in [2.75, 3.05) is 12.4 Å². The van der Waals surface area contributed by atoms with E-state index in [1.165, 1.54) is 12.1 Å². The molecule has 106 valence electrons. The van der Waals surface area contributed by atoms with Gasteiger partial charge in [-0.25, -0.2) is 4.39 Å². The van der Waals surface area contributed by atoms with E-state index in [4.69, 9.17) is 4.74 Å². The Bertz CT molecular complexity index is 596. The van der Waals surface area contributed by atoms with Crippen LogP contribution in [0.4, 0.5) is 10.3 Å². The second-order valence-corrected chi connectivity index (χ2v) is 4.70. The molecule has 0 radical (unpaired) electrons. The summed E-state index contributed by atoms with van der Waals surface area (Å²) in [5, 5.41) is 2.84. The Hall–Kier alpha value is -2.24. The van der Waals surface area contributed by atoms with Crippen molar-refractivity contribution in [3.63, 3.8) is 0 Å². The summed E-state index contributed by atoms with van der Waals surface area (Å²) in [5.41, 5.74) is 1.40. The van der Waals surface area contributed by atoms with Crippen LogP contribution in [0, 0.1) is 12.7 Å². The van der Waals surface area contributed by atoms with Gasteiger partial charge in [0, 0.05) is 12.6 Å². The maximum Gasteiger partial charge on any atom is 0.322 e. The van der Waals surface area contributed by atoms with Gasteiger partial charge in [-0.15, -0.1) is 0 Å². The molecular weight excluding hydrogens is 259 g/mol. The summed E-state index contributed by atoms with van der Waals surface area (Å²) >= 11 is 0. The lowest BCUT2D eigenvalue weighted by molar-refractivity contribution is 0.222. The Kier molecular flexibility index (Phi) is 4.12. The maximum absolute atomic E-state index is 13.5. The summed E-state index contributed by atoms with van der Waals surface area (Å²) < 4.78 is 19.0. The molecule has 0 aliphatic heterocycles. The van der Waals surface area contributed by atoms with Gasteiger partial charge in [-0.3, -0.25) is 0 Å². The minimum atomic E-state index is -0.322. The number of hydrogen-bond donors (Lipinski definition) is 1. The monoisotopic (exact) mass is 276 g/mol. The second-order valence-electron chi connectivity index (χ2n) is 4.70. The van der Waals surface area contributed by atoms with Crippen molar-refractivity contribution in [1.29, 1.82) is 0 Å². The SMILES string of the molecule is CNc1nc(OC(C)C)nc(-c2cc(C)cc(F)c2)n1. The molecule has 1 aromatic carbocycles. The zero-order chi connectivity index (χ0) is 14.7. The van der Waals surface area contributed by atoms with Gasteiger partial charge in [-0.2, -0.15) is 15.0 Å². The number of halogens is 1. The van der Waals surface area contributed by atoms with E-state index >= 15 is 0 Å². The van der Waals surface area contributed by atoms with Crippen LogP contribution in [0.5, 0.6) is 6.01 Å². The van der Waals surface area contributed by atoms with Crippen LogP contribution in [0.2, 0.25) is 0 Å². The predicted octanol–water partition coefficient (Wildman–Crippen LogP) is 2.82. The Balaban J connectivity index is 2.49. The first-order chi connectivity index (χ1) is 9.47. The fraction of sp³-hybridized carbons (Fsp3) is 0.357. The molecule has 1 N–H and O–H groups in total. The lowest BCUT2D eigenvalue weighted by atomic mass is 10.1. The van der Waals surface area contributed by atoms with Crippen molar-refractivity contribution in [3.8, 4) is 17.4 Å². The van der Waals surface area contributed by atoms with Gasteiger partial charge in [0.15, 0.2) is 5.82 Å². The lowest BCUT2D eigenvalue weighted by Gasteiger charge is -2.10. The van der Waals surface area contributed by atoms with Crippen LogP contribution in [0.15, 0.2) is 18.2 Å². The Morgan fingerprint density at radius 2 is 1.90 bits per heavy atom. The quantitative estimate of drug-likeness (QED) is 0.930. The highest BCUT2D eigenvalue weighted by Gasteiger charge is 2.11. The zero-order valence-electron chi connectivity index (χ0n) is 11.9. The molecule has 20 heavy (non-hydrogen) atoms. The van der Waals surface area contributed by atoms with Crippen LogP contribution in [0.3, 0.4) is 0 Å². The Morgan fingerprint density at radius 3 is 2.50 bits per heavy atom. The van der Waals surface area contributed by atoms with Crippen LogP contribution < -0.4 is 10.1 Å². The third-order valence-corrected chi connectivity index (χ3v) is 2.48. The number of ether oxygens (including phenoxy) is 1. The number of rotatable bonds is 4. The van der Waals surface area contributed by atoms with Gasteiger partial charge in [0.2, 0.25) is 5.95 Å². The number of aryl methyl sites for hydroxylation is 1. The lowest BCUT2D eigenvalue weighted by Crippen LogP contribution is -2.11. The molecule has 0 bridgehead atoms. The molecule has 0 atom stereocenters. The fourth-order valence-corrected chi connectivity index (χ4v) is 1.73. The van der Waals surface area contributed by atoms with E-state index in [0.717, 1.165) is 5.56 Å². The summed E-state index contributed by atoms with van der Waals surface area (Å²) in [6.45, 7) is 5.59. The van der Waals surface area contributed by atoms with Crippen molar-refractivity contribution >= 4 is 5.95 Å². The molecule has 0 unspecified atom stereocenters. The van der Waals surface area contributed by atoms with Crippen molar-refractivity contribution in [1.82, 2.24) is 15.0 Å². The number of nitrogens with one attached hydrogen (secondary N) is 1. The average molecular weight is 276 g/mol. The van der Waals surface area contributed by atoms with Gasteiger partial charge in [-0.05, 0) is 44.5 Å². The molecule has 1 heterocycles. The minimum absolute atomic E-state index is 0.0517. The van der Waals surface area contributed by atoms with E-state index in [2.05, 4.69) is 20.3 Å². The minimum Gasteiger partial charge on any atom is -0.461 e. The topological polar surface area (TPSA) is 59.9 Å². The molecule has 6 heteroatoms. The molecular formula is C14H17FN4O. The van der Waals surface area contributed by atoms with Crippen molar-refractivity contribution < 1.29 is 9.13 Å². The largest absolute Gasteiger partial charge is 0.461 e. The van der Waals surface area contributed by atoms with Gasteiger partial charge < -0.3 is 10.1 Å². The number of anilines is 1. The van der Waals surface area contributed by atoms with E-state index in [1.54, 1.807) is 7.05 Å². The third-order valence-electron chi connectivity index (χ3n) is 2.48. The molecule has 2 aromatic rings. The second kappa shape index (κ2) is 5.81. The number of nitrogens with zero attached hydrogens (tertiary/aromatic N) is 3. The normalized spacial score (nSPS) is 10.7. The van der Waals surface area contributed by atoms with Crippen LogP contribution in [-0.2, 0) is 0 Å². The Labute approximate surface area is 117 Å². The summed E-state index contributed by atoms with van der Waals surface area (Å²) in [5.74, 6) is 0.438. The van der Waals surface area contributed by atoms with Crippen LogP contribution in [0.1, 0.15) is 19.4 Å². The number of aromatic nitrogens is 3. The van der Waals surface area contributed by atoms with Crippen LogP contribution >= 0.6 is 0 Å². The third kappa shape index (κ3) is 3.40. The van der Waals surface area contributed by atoms with E-state index in [0.29, 0.717) is 17.3 Å². The molecule has 0 amide bonds. The standard InChI is InChI=1S/C14H17FN4O/c1-8(2)20-14-18-12(17-13(16-4)19-14)10-5-9(3)6-11(15)7-10/h5-8H,1-4H3,(H,16,17,18,19). The predicted molar refractivity (Wildman–Crippen MR) is 75.3 cm³/mol. The highest BCUT2D eigenvalue weighted by atomic mass is 19.1. The van der Waals surface area contributed by atoms with Gasteiger partial charge in [0.25, 0.3) is 0 Å². The summed E-state index contributed by atoms with van der Waals surface area (Å²) in [7, 11) is 1.70. The number of hydrogen-bond acceptors (Lipinski definition) is 5. The highest BCUT2D eigenvalue weighted by molar-refractivity contribution is 5.57. The van der Waals surface area contributed by atoms with Crippen molar-refractivity contribution in [2.45, 2.75) is 26.9 Å². The van der Waals surface area contributed by atoms with E-state index in [9.17, 15) is 4.39 Å². The maximum atomic E-state index is 13.5. The van der Waals surface area contributed by atoms with E-state index < -0.39 is 0 Å². The van der Waals surface area contributed by atoms with Crippen LogP contribution in [0.25, 0.3) is 11.4 Å². The fourth-order valence-electron chi connectivity index (χ4n) is 1.73. The molecule has 0 saturated carbocycles. The van der Waals surface area contributed by atoms with Gasteiger partial charge in [-0.1, -0.05) is 0 Å². The first-order valence-electron chi connectivity index (χ1n) is 6.36. The first-order valence-corrected chi connectivity index (χ1v) is 6.36. The van der Waals surface area contributed by atoms with Gasteiger partial charge in [0.1, 0.15) is 5.82 Å². The molecule has 2 rings (SSSR count). The summed E-state index contributed by atoms with van der Waals surface area (Å²) in [4.78, 5) is 12.6. The molecule has 0 fully saturated rings.